The van der Waals surface area contributed by atoms with Crippen molar-refractivity contribution < 1.29 is 4.79 Å². The van der Waals surface area contributed by atoms with Gasteiger partial charge in [0.15, 0.2) is 0 Å². The highest BCUT2D eigenvalue weighted by molar-refractivity contribution is 5.90. The van der Waals surface area contributed by atoms with Gasteiger partial charge < -0.3 is 5.32 Å². The van der Waals surface area contributed by atoms with E-state index in [1.807, 2.05) is 18.2 Å². The molecule has 0 aromatic heterocycles. The number of amides is 1. The summed E-state index contributed by atoms with van der Waals surface area (Å²) in [7, 11) is 0. The Bertz CT molecular complexity index is 339. The third kappa shape index (κ3) is 1.45. The second-order valence-electron chi connectivity index (χ2n) is 3.82. The van der Waals surface area contributed by atoms with Gasteiger partial charge in [-0.15, -0.1) is 0 Å². The molecule has 3 heteroatoms. The Hall–Kier alpha value is -1.51. The van der Waals surface area contributed by atoms with Crippen molar-refractivity contribution in [3.05, 3.63) is 36.2 Å². The second kappa shape index (κ2) is 3.33. The Kier molecular flexibility index (Phi) is 2.15. The van der Waals surface area contributed by atoms with E-state index < -0.39 is 0 Å². The Morgan fingerprint density at radius 1 is 1.43 bits per heavy atom. The van der Waals surface area contributed by atoms with E-state index in [2.05, 4.69) is 19.2 Å². The normalized spacial score (nSPS) is 24.8. The summed E-state index contributed by atoms with van der Waals surface area (Å²) in [6.07, 6.45) is 9.26. The van der Waals surface area contributed by atoms with Crippen LogP contribution in [0.15, 0.2) is 36.2 Å². The van der Waals surface area contributed by atoms with Crippen LogP contribution in [-0.2, 0) is 4.79 Å². The summed E-state index contributed by atoms with van der Waals surface area (Å²) in [5, 5.41) is 3.31. The fourth-order valence-corrected chi connectivity index (χ4v) is 1.58. The van der Waals surface area contributed by atoms with Gasteiger partial charge in [-0.05, 0) is 18.1 Å². The molecule has 74 valence electrons. The van der Waals surface area contributed by atoms with Gasteiger partial charge in [-0.1, -0.05) is 19.9 Å². The van der Waals surface area contributed by atoms with E-state index in [-0.39, 0.29) is 12.1 Å². The van der Waals surface area contributed by atoms with Crippen LogP contribution >= 0.6 is 0 Å². The fraction of sp³-hybridized carbons (Fsp3) is 0.364. The highest BCUT2D eigenvalue weighted by Crippen LogP contribution is 2.18. The van der Waals surface area contributed by atoms with Crippen molar-refractivity contribution in [3.63, 3.8) is 0 Å². The number of nitrogens with zero attached hydrogens (tertiary/aromatic N) is 1. The summed E-state index contributed by atoms with van der Waals surface area (Å²) >= 11 is 0. The summed E-state index contributed by atoms with van der Waals surface area (Å²) < 4.78 is 0. The molecule has 2 rings (SSSR count). The zero-order valence-corrected chi connectivity index (χ0v) is 8.40. The highest BCUT2D eigenvalue weighted by Gasteiger charge is 2.26. The van der Waals surface area contributed by atoms with Gasteiger partial charge in [0.2, 0.25) is 0 Å². The van der Waals surface area contributed by atoms with Gasteiger partial charge in [-0.3, -0.25) is 9.69 Å². The average Bonchev–Trinajstić information content (AvgIpc) is 2.17. The number of fused-ring (bicyclic) bond motifs is 1. The lowest BCUT2D eigenvalue weighted by Gasteiger charge is -2.34. The van der Waals surface area contributed by atoms with Crippen LogP contribution in [0.25, 0.3) is 0 Å². The molecule has 2 aliphatic rings. The Labute approximate surface area is 83.8 Å². The largest absolute Gasteiger partial charge is 0.365 e. The Morgan fingerprint density at radius 2 is 2.21 bits per heavy atom. The van der Waals surface area contributed by atoms with Crippen LogP contribution < -0.4 is 5.32 Å². The van der Waals surface area contributed by atoms with E-state index in [9.17, 15) is 4.79 Å². The minimum absolute atomic E-state index is 0.00472. The number of carbonyl (C=O) groups excluding carboxylic acids is 1. The zero-order chi connectivity index (χ0) is 10.1. The van der Waals surface area contributed by atoms with Crippen molar-refractivity contribution in [2.45, 2.75) is 20.0 Å². The van der Waals surface area contributed by atoms with Crippen LogP contribution in [0, 0.1) is 5.92 Å². The predicted molar refractivity (Wildman–Crippen MR) is 55.0 cm³/mol. The molecule has 14 heavy (non-hydrogen) atoms. The molecular formula is C11H14N2O. The van der Waals surface area contributed by atoms with E-state index in [1.54, 1.807) is 17.2 Å². The fourth-order valence-electron chi connectivity index (χ4n) is 1.58. The van der Waals surface area contributed by atoms with Crippen molar-refractivity contribution in [1.29, 1.82) is 0 Å². The lowest BCUT2D eigenvalue weighted by molar-refractivity contribution is -0.126. The molecule has 1 atom stereocenters. The van der Waals surface area contributed by atoms with Crippen LogP contribution in [0.3, 0.4) is 0 Å². The van der Waals surface area contributed by atoms with E-state index in [1.165, 1.54) is 0 Å². The Balaban J connectivity index is 2.27. The molecule has 0 aliphatic carbocycles. The SMILES string of the molecule is CC(C)C1=CC(=O)N2C=CC=CC2N1. The van der Waals surface area contributed by atoms with Crippen molar-refractivity contribution in [2.24, 2.45) is 5.92 Å². The maximum atomic E-state index is 11.7. The van der Waals surface area contributed by atoms with Gasteiger partial charge in [0.25, 0.3) is 5.91 Å². The molecule has 2 aliphatic heterocycles. The molecule has 2 heterocycles. The molecular weight excluding hydrogens is 176 g/mol. The molecule has 1 unspecified atom stereocenters. The predicted octanol–water partition coefficient (Wildman–Crippen LogP) is 1.37. The summed E-state index contributed by atoms with van der Waals surface area (Å²) in [6.45, 7) is 4.15. The number of nitrogens with one attached hydrogen (secondary N) is 1. The molecule has 0 radical (unpaired) electrons. The maximum absolute atomic E-state index is 11.7. The molecule has 3 nitrogen and oxygen atoms in total. The number of carbonyl (C=O) groups is 1. The average molecular weight is 190 g/mol. The molecule has 0 spiro atoms. The van der Waals surface area contributed by atoms with E-state index >= 15 is 0 Å². The molecule has 0 aromatic carbocycles. The number of hydrogen-bond donors (Lipinski definition) is 1. The monoisotopic (exact) mass is 190 g/mol. The van der Waals surface area contributed by atoms with Crippen LogP contribution in [0.2, 0.25) is 0 Å². The molecule has 0 saturated heterocycles. The van der Waals surface area contributed by atoms with Gasteiger partial charge in [0.1, 0.15) is 6.17 Å². The van der Waals surface area contributed by atoms with Crippen LogP contribution in [0.5, 0.6) is 0 Å². The van der Waals surface area contributed by atoms with Gasteiger partial charge >= 0.3 is 0 Å². The quantitative estimate of drug-likeness (QED) is 0.677. The molecule has 0 saturated carbocycles. The summed E-state index contributed by atoms with van der Waals surface area (Å²) in [5.74, 6) is 0.415. The summed E-state index contributed by atoms with van der Waals surface area (Å²) in [4.78, 5) is 13.4. The molecule has 1 N–H and O–H groups in total. The summed E-state index contributed by atoms with van der Waals surface area (Å²) in [5.41, 5.74) is 1.01. The van der Waals surface area contributed by atoms with Gasteiger partial charge in [0.05, 0.1) is 0 Å². The van der Waals surface area contributed by atoms with Crippen molar-refractivity contribution in [3.8, 4) is 0 Å². The first kappa shape index (κ1) is 9.06. The van der Waals surface area contributed by atoms with E-state index in [0.717, 1.165) is 5.70 Å². The highest BCUT2D eigenvalue weighted by atomic mass is 16.2. The lowest BCUT2D eigenvalue weighted by atomic mass is 10.1. The summed E-state index contributed by atoms with van der Waals surface area (Å²) in [6, 6.07) is 0. The van der Waals surface area contributed by atoms with Gasteiger partial charge in [-0.25, -0.2) is 0 Å². The minimum Gasteiger partial charge on any atom is -0.365 e. The smallest absolute Gasteiger partial charge is 0.254 e. The number of allylic oxidation sites excluding steroid dienone is 3. The maximum Gasteiger partial charge on any atom is 0.254 e. The zero-order valence-electron chi connectivity index (χ0n) is 8.40. The molecule has 0 fully saturated rings. The molecule has 1 amide bonds. The van der Waals surface area contributed by atoms with Gasteiger partial charge in [0, 0.05) is 18.0 Å². The Morgan fingerprint density at radius 3 is 2.93 bits per heavy atom. The van der Waals surface area contributed by atoms with Crippen molar-refractivity contribution in [2.75, 3.05) is 0 Å². The first-order valence-corrected chi connectivity index (χ1v) is 4.84. The standard InChI is InChI=1S/C11H14N2O/c1-8(2)9-7-11(14)13-6-4-3-5-10(13)12-9/h3-8,10,12H,1-2H3. The van der Waals surface area contributed by atoms with Crippen LogP contribution in [0.4, 0.5) is 0 Å². The van der Waals surface area contributed by atoms with E-state index in [4.69, 9.17) is 0 Å². The van der Waals surface area contributed by atoms with Crippen LogP contribution in [-0.4, -0.2) is 17.0 Å². The van der Waals surface area contributed by atoms with E-state index in [0.29, 0.717) is 5.92 Å². The third-order valence-electron chi connectivity index (χ3n) is 2.42. The lowest BCUT2D eigenvalue weighted by Crippen LogP contribution is -2.49. The number of rotatable bonds is 1. The third-order valence-corrected chi connectivity index (χ3v) is 2.42. The first-order valence-electron chi connectivity index (χ1n) is 4.84. The minimum atomic E-state index is -0.00472. The van der Waals surface area contributed by atoms with Crippen molar-refractivity contribution in [1.82, 2.24) is 10.2 Å². The first-order chi connectivity index (χ1) is 6.68. The van der Waals surface area contributed by atoms with Crippen LogP contribution in [0.1, 0.15) is 13.8 Å². The molecule has 0 aromatic rings. The second-order valence-corrected chi connectivity index (χ2v) is 3.82. The number of hydrogen-bond acceptors (Lipinski definition) is 2. The van der Waals surface area contributed by atoms with Crippen molar-refractivity contribution >= 4 is 5.91 Å². The molecule has 0 bridgehead atoms. The van der Waals surface area contributed by atoms with Gasteiger partial charge in [-0.2, -0.15) is 0 Å². The topological polar surface area (TPSA) is 32.3 Å².